The van der Waals surface area contributed by atoms with Crippen LogP contribution in [0.4, 0.5) is 0 Å². The quantitative estimate of drug-likeness (QED) is 0.684. The molecule has 1 aliphatic carbocycles. The number of fused-ring (bicyclic) bond motifs is 1. The highest BCUT2D eigenvalue weighted by molar-refractivity contribution is 7.98. The molecule has 0 radical (unpaired) electrons. The summed E-state index contributed by atoms with van der Waals surface area (Å²) in [5, 5.41) is 6.65. The molecule has 0 spiro atoms. The molecule has 8 heteroatoms. The van der Waals surface area contributed by atoms with Gasteiger partial charge in [-0.15, -0.1) is 11.3 Å². The molecular weight excluding hydrogens is 354 g/mol. The molecule has 0 amide bonds. The highest BCUT2D eigenvalue weighted by Crippen LogP contribution is 2.30. The topological polar surface area (TPSA) is 65.1 Å². The van der Waals surface area contributed by atoms with Gasteiger partial charge in [0.2, 0.25) is 0 Å². The summed E-state index contributed by atoms with van der Waals surface area (Å²) in [6.45, 7) is 0. The van der Waals surface area contributed by atoms with Crippen molar-refractivity contribution in [2.75, 3.05) is 12.0 Å². The van der Waals surface area contributed by atoms with Crippen LogP contribution >= 0.6 is 23.1 Å². The van der Waals surface area contributed by atoms with Crippen molar-refractivity contribution in [3.05, 3.63) is 34.0 Å². The van der Waals surface area contributed by atoms with Gasteiger partial charge in [-0.2, -0.15) is 16.9 Å². The largest absolute Gasteiger partial charge is 0.269 e. The molecule has 0 atom stereocenters. The summed E-state index contributed by atoms with van der Waals surface area (Å²) < 4.78 is 3.60. The fourth-order valence-corrected chi connectivity index (χ4v) is 4.47. The summed E-state index contributed by atoms with van der Waals surface area (Å²) in [4.78, 5) is 22.8. The molecule has 3 aromatic heterocycles. The predicted octanol–water partition coefficient (Wildman–Crippen LogP) is 3.43. The van der Waals surface area contributed by atoms with Gasteiger partial charge in [-0.1, -0.05) is 19.3 Å². The van der Waals surface area contributed by atoms with E-state index in [1.807, 2.05) is 10.1 Å². The van der Waals surface area contributed by atoms with Gasteiger partial charge in [0.25, 0.3) is 5.56 Å². The van der Waals surface area contributed by atoms with Crippen LogP contribution in [0.25, 0.3) is 16.3 Å². The fourth-order valence-electron chi connectivity index (χ4n) is 3.41. The lowest BCUT2D eigenvalue weighted by molar-refractivity contribution is 0.330. The van der Waals surface area contributed by atoms with E-state index < -0.39 is 0 Å². The molecule has 0 unspecified atom stereocenters. The minimum absolute atomic E-state index is 0.0628. The highest BCUT2D eigenvalue weighted by Gasteiger charge is 2.24. The van der Waals surface area contributed by atoms with Gasteiger partial charge in [-0.05, 0) is 19.1 Å². The van der Waals surface area contributed by atoms with Crippen molar-refractivity contribution in [1.82, 2.24) is 24.1 Å². The van der Waals surface area contributed by atoms with E-state index in [0.717, 1.165) is 30.8 Å². The first-order valence-corrected chi connectivity index (χ1v) is 10.9. The van der Waals surface area contributed by atoms with E-state index in [-0.39, 0.29) is 5.56 Å². The van der Waals surface area contributed by atoms with Gasteiger partial charge in [0, 0.05) is 29.9 Å². The normalized spacial score (nSPS) is 15.9. The van der Waals surface area contributed by atoms with Crippen LogP contribution in [-0.2, 0) is 6.42 Å². The molecule has 132 valence electrons. The van der Waals surface area contributed by atoms with Crippen LogP contribution in [-0.4, -0.2) is 36.2 Å². The van der Waals surface area contributed by atoms with Crippen molar-refractivity contribution in [3.63, 3.8) is 0 Å². The molecule has 3 heterocycles. The van der Waals surface area contributed by atoms with Crippen molar-refractivity contribution < 1.29 is 0 Å². The number of aryl methyl sites for hydroxylation is 1. The number of hydrogen-bond donors (Lipinski definition) is 0. The van der Waals surface area contributed by atoms with Crippen molar-refractivity contribution in [1.29, 1.82) is 0 Å². The van der Waals surface area contributed by atoms with Crippen LogP contribution in [0.3, 0.4) is 0 Å². The second-order valence-corrected chi connectivity index (χ2v) is 8.22. The Balaban J connectivity index is 1.81. The van der Waals surface area contributed by atoms with Crippen LogP contribution in [0.15, 0.2) is 22.6 Å². The van der Waals surface area contributed by atoms with Crippen LogP contribution in [0.5, 0.6) is 0 Å². The minimum atomic E-state index is -0.0628. The summed E-state index contributed by atoms with van der Waals surface area (Å²) in [6, 6.07) is 0.335. The number of hydrogen-bond acceptors (Lipinski definition) is 6. The minimum Gasteiger partial charge on any atom is -0.268 e. The van der Waals surface area contributed by atoms with E-state index in [9.17, 15) is 4.79 Å². The second kappa shape index (κ2) is 7.29. The molecule has 4 rings (SSSR count). The average Bonchev–Trinajstić information content (AvgIpc) is 3.28. The summed E-state index contributed by atoms with van der Waals surface area (Å²) >= 11 is 3.24. The Morgan fingerprint density at radius 2 is 2.16 bits per heavy atom. The molecule has 0 saturated heterocycles. The Morgan fingerprint density at radius 1 is 1.32 bits per heavy atom. The van der Waals surface area contributed by atoms with Gasteiger partial charge in [0.1, 0.15) is 5.56 Å². The van der Waals surface area contributed by atoms with Crippen LogP contribution in [0.1, 0.15) is 44.0 Å². The molecule has 1 fully saturated rings. The summed E-state index contributed by atoms with van der Waals surface area (Å²) in [5.41, 5.74) is 0.483. The number of thiazole rings is 1. The van der Waals surface area contributed by atoms with Crippen LogP contribution in [0.2, 0.25) is 0 Å². The van der Waals surface area contributed by atoms with Gasteiger partial charge in [0.15, 0.2) is 16.6 Å². The predicted molar refractivity (Wildman–Crippen MR) is 103 cm³/mol. The smallest absolute Gasteiger partial charge is 0.268 e. The maximum absolute atomic E-state index is 12.9. The molecule has 0 N–H and O–H groups in total. The average molecular weight is 376 g/mol. The molecule has 1 aliphatic rings. The lowest BCUT2D eigenvalue weighted by Gasteiger charge is -2.23. The third-order valence-electron chi connectivity index (χ3n) is 4.71. The Labute approximate surface area is 154 Å². The first-order valence-electron chi connectivity index (χ1n) is 8.67. The van der Waals surface area contributed by atoms with Gasteiger partial charge < -0.3 is 0 Å². The van der Waals surface area contributed by atoms with Crippen molar-refractivity contribution >= 4 is 28.1 Å². The SMILES string of the molecule is CSCCc1nc(-c2cnc3sccn3c2=O)n(C2CCCCC2)n1. The third-order valence-corrected chi connectivity index (χ3v) is 6.09. The maximum Gasteiger partial charge on any atom is 0.269 e. The van der Waals surface area contributed by atoms with Gasteiger partial charge in [0.05, 0.1) is 6.04 Å². The lowest BCUT2D eigenvalue weighted by atomic mass is 9.95. The van der Waals surface area contributed by atoms with Gasteiger partial charge in [-0.25, -0.2) is 14.6 Å². The van der Waals surface area contributed by atoms with Gasteiger partial charge >= 0.3 is 0 Å². The number of thioether (sulfide) groups is 1. The Kier molecular flexibility index (Phi) is 4.89. The monoisotopic (exact) mass is 375 g/mol. The Morgan fingerprint density at radius 3 is 2.96 bits per heavy atom. The number of aromatic nitrogens is 5. The Hall–Kier alpha value is -1.67. The maximum atomic E-state index is 12.9. The standard InChI is InChI=1S/C17H21N5OS2/c1-24-9-7-14-19-15(22(20-14)12-5-3-2-4-6-12)13-11-18-17-21(16(13)23)8-10-25-17/h8,10-12H,2-7,9H2,1H3. The van der Waals surface area contributed by atoms with E-state index in [1.165, 1.54) is 30.6 Å². The first-order chi connectivity index (χ1) is 12.3. The highest BCUT2D eigenvalue weighted by atomic mass is 32.2. The summed E-state index contributed by atoms with van der Waals surface area (Å²) in [7, 11) is 0. The van der Waals surface area contributed by atoms with Crippen molar-refractivity contribution in [3.8, 4) is 11.4 Å². The molecule has 0 bridgehead atoms. The van der Waals surface area contributed by atoms with Crippen molar-refractivity contribution in [2.24, 2.45) is 0 Å². The molecule has 1 saturated carbocycles. The zero-order chi connectivity index (χ0) is 17.2. The van der Waals surface area contributed by atoms with E-state index in [2.05, 4.69) is 11.2 Å². The van der Waals surface area contributed by atoms with E-state index in [0.29, 0.717) is 22.4 Å². The zero-order valence-electron chi connectivity index (χ0n) is 14.2. The van der Waals surface area contributed by atoms with Gasteiger partial charge in [-0.3, -0.25) is 9.20 Å². The summed E-state index contributed by atoms with van der Waals surface area (Å²) in [6.07, 6.45) is 12.3. The molecule has 6 nitrogen and oxygen atoms in total. The van der Waals surface area contributed by atoms with E-state index >= 15 is 0 Å². The lowest BCUT2D eigenvalue weighted by Crippen LogP contribution is -2.20. The number of nitrogens with zero attached hydrogens (tertiary/aromatic N) is 5. The Bertz CT molecular complexity index is 923. The fraction of sp³-hybridized carbons (Fsp3) is 0.529. The first kappa shape index (κ1) is 16.8. The zero-order valence-corrected chi connectivity index (χ0v) is 15.9. The molecule has 0 aromatic carbocycles. The molecule has 25 heavy (non-hydrogen) atoms. The molecule has 3 aromatic rings. The molecular formula is C17H21N5OS2. The third kappa shape index (κ3) is 3.25. The molecule has 0 aliphatic heterocycles. The second-order valence-electron chi connectivity index (χ2n) is 6.36. The van der Waals surface area contributed by atoms with E-state index in [4.69, 9.17) is 10.1 Å². The summed E-state index contributed by atoms with van der Waals surface area (Å²) in [5.74, 6) is 2.49. The number of rotatable bonds is 5. The van der Waals surface area contributed by atoms with Crippen LogP contribution < -0.4 is 5.56 Å². The van der Waals surface area contributed by atoms with Crippen LogP contribution in [0, 0.1) is 0 Å². The van der Waals surface area contributed by atoms with Crippen molar-refractivity contribution in [2.45, 2.75) is 44.6 Å². The van der Waals surface area contributed by atoms with E-state index in [1.54, 1.807) is 28.6 Å².